The highest BCUT2D eigenvalue weighted by atomic mass is 16.5. The molecule has 0 aliphatic rings. The second-order valence-corrected chi connectivity index (χ2v) is 4.24. The van der Waals surface area contributed by atoms with Crippen molar-refractivity contribution in [3.05, 3.63) is 48.8 Å². The van der Waals surface area contributed by atoms with Crippen LogP contribution in [0.1, 0.15) is 6.92 Å². The van der Waals surface area contributed by atoms with Crippen molar-refractivity contribution in [2.45, 2.75) is 19.5 Å². The molecule has 4 nitrogen and oxygen atoms in total. The highest BCUT2D eigenvalue weighted by Crippen LogP contribution is 2.07. The van der Waals surface area contributed by atoms with E-state index in [-0.39, 0.29) is 0 Å². The fourth-order valence-corrected chi connectivity index (χ4v) is 1.74. The van der Waals surface area contributed by atoms with Gasteiger partial charge in [-0.3, -0.25) is 4.68 Å². The minimum atomic E-state index is 0.379. The van der Waals surface area contributed by atoms with Crippen molar-refractivity contribution < 1.29 is 4.74 Å². The fraction of sp³-hybridized carbons (Fsp3) is 0.357. The normalized spacial score (nSPS) is 12.3. The van der Waals surface area contributed by atoms with Crippen molar-refractivity contribution in [1.29, 1.82) is 0 Å². The number of nitrogens with one attached hydrogen (secondary N) is 1. The zero-order valence-corrected chi connectivity index (χ0v) is 10.6. The molecule has 1 aromatic heterocycles. The van der Waals surface area contributed by atoms with Gasteiger partial charge in [-0.15, -0.1) is 0 Å². The maximum Gasteiger partial charge on any atom is 0.119 e. The Bertz CT molecular complexity index is 428. The third-order valence-corrected chi connectivity index (χ3v) is 2.63. The highest BCUT2D eigenvalue weighted by Gasteiger charge is 2.01. The van der Waals surface area contributed by atoms with E-state index in [9.17, 15) is 0 Å². The summed E-state index contributed by atoms with van der Waals surface area (Å²) < 4.78 is 7.53. The third kappa shape index (κ3) is 4.22. The zero-order valence-electron chi connectivity index (χ0n) is 10.6. The van der Waals surface area contributed by atoms with Gasteiger partial charge in [0.15, 0.2) is 0 Å². The molecule has 18 heavy (non-hydrogen) atoms. The predicted octanol–water partition coefficient (Wildman–Crippen LogP) is 1.94. The highest BCUT2D eigenvalue weighted by molar-refractivity contribution is 5.20. The molecule has 4 heteroatoms. The summed E-state index contributed by atoms with van der Waals surface area (Å²) in [5, 5.41) is 7.58. The van der Waals surface area contributed by atoms with Gasteiger partial charge < -0.3 is 10.1 Å². The molecule has 2 rings (SSSR count). The minimum absolute atomic E-state index is 0.379. The SMILES string of the molecule is CC(Cn1cccn1)NCCOc1ccccc1. The number of nitrogens with zero attached hydrogens (tertiary/aromatic N) is 2. The van der Waals surface area contributed by atoms with E-state index in [4.69, 9.17) is 4.74 Å². The van der Waals surface area contributed by atoms with E-state index in [1.807, 2.05) is 47.3 Å². The Balaban J connectivity index is 1.60. The maximum absolute atomic E-state index is 5.61. The van der Waals surface area contributed by atoms with Gasteiger partial charge in [0.25, 0.3) is 0 Å². The van der Waals surface area contributed by atoms with Crippen molar-refractivity contribution >= 4 is 0 Å². The van der Waals surface area contributed by atoms with Gasteiger partial charge in [0.2, 0.25) is 0 Å². The smallest absolute Gasteiger partial charge is 0.119 e. The van der Waals surface area contributed by atoms with Gasteiger partial charge in [-0.1, -0.05) is 18.2 Å². The number of ether oxygens (including phenoxy) is 1. The van der Waals surface area contributed by atoms with Crippen LogP contribution in [0.5, 0.6) is 5.75 Å². The molecule has 2 aromatic rings. The zero-order chi connectivity index (χ0) is 12.6. The van der Waals surface area contributed by atoms with Crippen molar-refractivity contribution in [3.63, 3.8) is 0 Å². The molecule has 0 aliphatic carbocycles. The molecule has 96 valence electrons. The van der Waals surface area contributed by atoms with Crippen LogP contribution in [0, 0.1) is 0 Å². The molecule has 0 bridgehead atoms. The number of hydrogen-bond donors (Lipinski definition) is 1. The third-order valence-electron chi connectivity index (χ3n) is 2.63. The Labute approximate surface area is 108 Å². The average Bonchev–Trinajstić information content (AvgIpc) is 2.89. The Hall–Kier alpha value is -1.81. The van der Waals surface area contributed by atoms with E-state index in [1.165, 1.54) is 0 Å². The summed E-state index contributed by atoms with van der Waals surface area (Å²) in [6.07, 6.45) is 3.77. The van der Waals surface area contributed by atoms with Crippen LogP contribution in [0.15, 0.2) is 48.8 Å². The maximum atomic E-state index is 5.61. The Morgan fingerprint density at radius 2 is 2.11 bits per heavy atom. The number of rotatable bonds is 7. The Morgan fingerprint density at radius 1 is 1.28 bits per heavy atom. The summed E-state index contributed by atoms with van der Waals surface area (Å²) in [6.45, 7) is 4.52. The lowest BCUT2D eigenvalue weighted by Gasteiger charge is -2.14. The van der Waals surface area contributed by atoms with Gasteiger partial charge in [0.1, 0.15) is 12.4 Å². The number of hydrogen-bond acceptors (Lipinski definition) is 3. The number of benzene rings is 1. The molecular formula is C14H19N3O. The van der Waals surface area contributed by atoms with Crippen molar-refractivity contribution in [1.82, 2.24) is 15.1 Å². The Morgan fingerprint density at radius 3 is 2.83 bits per heavy atom. The largest absolute Gasteiger partial charge is 0.492 e. The van der Waals surface area contributed by atoms with Crippen LogP contribution in [0.4, 0.5) is 0 Å². The van der Waals surface area contributed by atoms with Crippen LogP contribution in [0.3, 0.4) is 0 Å². The van der Waals surface area contributed by atoms with Crippen molar-refractivity contribution in [2.24, 2.45) is 0 Å². The average molecular weight is 245 g/mol. The summed E-state index contributed by atoms with van der Waals surface area (Å²) in [5.74, 6) is 0.916. The Kier molecular flexibility index (Phi) is 4.78. The van der Waals surface area contributed by atoms with E-state index in [1.54, 1.807) is 6.20 Å². The van der Waals surface area contributed by atoms with Crippen LogP contribution in [0.2, 0.25) is 0 Å². The molecule has 1 atom stereocenters. The van der Waals surface area contributed by atoms with Crippen LogP contribution >= 0.6 is 0 Å². The van der Waals surface area contributed by atoms with Crippen molar-refractivity contribution in [2.75, 3.05) is 13.2 Å². The molecule has 1 aromatic carbocycles. The molecule has 1 N–H and O–H groups in total. The van der Waals surface area contributed by atoms with E-state index in [2.05, 4.69) is 17.3 Å². The van der Waals surface area contributed by atoms with Gasteiger partial charge in [0.05, 0.1) is 6.54 Å². The van der Waals surface area contributed by atoms with Gasteiger partial charge in [-0.2, -0.15) is 5.10 Å². The lowest BCUT2D eigenvalue weighted by molar-refractivity contribution is 0.301. The molecular weight excluding hydrogens is 226 g/mol. The molecule has 1 unspecified atom stereocenters. The fourth-order valence-electron chi connectivity index (χ4n) is 1.74. The standard InChI is InChI=1S/C14H19N3O/c1-13(12-17-10-5-8-16-17)15-9-11-18-14-6-3-2-4-7-14/h2-8,10,13,15H,9,11-12H2,1H3. The second-order valence-electron chi connectivity index (χ2n) is 4.24. The van der Waals surface area contributed by atoms with E-state index < -0.39 is 0 Å². The van der Waals surface area contributed by atoms with Crippen LogP contribution < -0.4 is 10.1 Å². The van der Waals surface area contributed by atoms with E-state index in [0.29, 0.717) is 12.6 Å². The summed E-state index contributed by atoms with van der Waals surface area (Å²) in [6, 6.07) is 12.2. The minimum Gasteiger partial charge on any atom is -0.492 e. The van der Waals surface area contributed by atoms with Crippen LogP contribution in [0.25, 0.3) is 0 Å². The monoisotopic (exact) mass is 245 g/mol. The number of para-hydroxylation sites is 1. The molecule has 0 saturated carbocycles. The van der Waals surface area contributed by atoms with E-state index in [0.717, 1.165) is 18.8 Å². The molecule has 0 spiro atoms. The lowest BCUT2D eigenvalue weighted by Crippen LogP contribution is -2.33. The van der Waals surface area contributed by atoms with Crippen LogP contribution in [-0.4, -0.2) is 29.0 Å². The van der Waals surface area contributed by atoms with Gasteiger partial charge in [-0.25, -0.2) is 0 Å². The first-order valence-electron chi connectivity index (χ1n) is 6.23. The first kappa shape index (κ1) is 12.6. The van der Waals surface area contributed by atoms with Gasteiger partial charge >= 0.3 is 0 Å². The lowest BCUT2D eigenvalue weighted by atomic mass is 10.3. The molecule has 0 amide bonds. The predicted molar refractivity (Wildman–Crippen MR) is 71.6 cm³/mol. The summed E-state index contributed by atoms with van der Waals surface area (Å²) >= 11 is 0. The number of aromatic nitrogens is 2. The van der Waals surface area contributed by atoms with Gasteiger partial charge in [-0.05, 0) is 25.1 Å². The first-order valence-corrected chi connectivity index (χ1v) is 6.23. The second kappa shape index (κ2) is 6.81. The summed E-state index contributed by atoms with van der Waals surface area (Å²) in [4.78, 5) is 0. The van der Waals surface area contributed by atoms with Crippen molar-refractivity contribution in [3.8, 4) is 5.75 Å². The summed E-state index contributed by atoms with van der Waals surface area (Å²) in [5.41, 5.74) is 0. The topological polar surface area (TPSA) is 39.1 Å². The summed E-state index contributed by atoms with van der Waals surface area (Å²) in [7, 11) is 0. The van der Waals surface area contributed by atoms with Crippen LogP contribution in [-0.2, 0) is 6.54 Å². The molecule has 0 radical (unpaired) electrons. The van der Waals surface area contributed by atoms with E-state index >= 15 is 0 Å². The quantitative estimate of drug-likeness (QED) is 0.758. The first-order chi connectivity index (χ1) is 8.84. The molecule has 1 heterocycles. The molecule has 0 fully saturated rings. The molecule has 0 saturated heterocycles. The van der Waals surface area contributed by atoms with Gasteiger partial charge in [0, 0.05) is 25.0 Å². The molecule has 0 aliphatic heterocycles.